The molecular formula is C42H30O2. The third kappa shape index (κ3) is 5.26. The van der Waals surface area contributed by atoms with Gasteiger partial charge in [-0.15, -0.1) is 0 Å². The van der Waals surface area contributed by atoms with Crippen LogP contribution in [0.4, 0.5) is 0 Å². The van der Waals surface area contributed by atoms with Crippen molar-refractivity contribution in [2.45, 2.75) is 0 Å². The molecule has 2 heteroatoms. The van der Waals surface area contributed by atoms with E-state index in [1.165, 1.54) is 0 Å². The van der Waals surface area contributed by atoms with E-state index < -0.39 is 0 Å². The van der Waals surface area contributed by atoms with E-state index in [2.05, 4.69) is 121 Å². The van der Waals surface area contributed by atoms with E-state index in [9.17, 15) is 10.2 Å². The molecule has 0 atom stereocenters. The van der Waals surface area contributed by atoms with Gasteiger partial charge in [0.2, 0.25) is 0 Å². The maximum Gasteiger partial charge on any atom is 0.115 e. The van der Waals surface area contributed by atoms with Crippen LogP contribution in [0.25, 0.3) is 66.8 Å². The van der Waals surface area contributed by atoms with Gasteiger partial charge in [0.1, 0.15) is 11.5 Å². The van der Waals surface area contributed by atoms with Gasteiger partial charge in [-0.05, 0) is 91.0 Å². The van der Waals surface area contributed by atoms with Crippen molar-refractivity contribution in [2.24, 2.45) is 0 Å². The molecule has 2 N–H and O–H groups in total. The summed E-state index contributed by atoms with van der Waals surface area (Å²) in [6.07, 6.45) is 0. The van der Waals surface area contributed by atoms with Crippen molar-refractivity contribution in [3.63, 3.8) is 0 Å². The molecule has 0 saturated heterocycles. The second kappa shape index (κ2) is 11.8. The summed E-state index contributed by atoms with van der Waals surface area (Å²) in [4.78, 5) is 0. The summed E-state index contributed by atoms with van der Waals surface area (Å²) >= 11 is 0. The molecule has 7 rings (SSSR count). The molecule has 0 bridgehead atoms. The fourth-order valence-corrected chi connectivity index (χ4v) is 5.99. The van der Waals surface area contributed by atoms with Crippen molar-refractivity contribution >= 4 is 0 Å². The van der Waals surface area contributed by atoms with Crippen molar-refractivity contribution in [2.75, 3.05) is 0 Å². The van der Waals surface area contributed by atoms with E-state index in [1.54, 1.807) is 24.3 Å². The first kappa shape index (κ1) is 27.0. The summed E-state index contributed by atoms with van der Waals surface area (Å²) in [5.74, 6) is 0.522. The zero-order chi connectivity index (χ0) is 29.9. The highest BCUT2D eigenvalue weighted by atomic mass is 16.3. The fourth-order valence-electron chi connectivity index (χ4n) is 5.99. The van der Waals surface area contributed by atoms with E-state index in [1.807, 2.05) is 24.3 Å². The van der Waals surface area contributed by atoms with Gasteiger partial charge in [-0.25, -0.2) is 0 Å². The van der Waals surface area contributed by atoms with Crippen molar-refractivity contribution in [3.05, 3.63) is 170 Å². The number of phenolic OH excluding ortho intramolecular Hbond substituents is 2. The minimum Gasteiger partial charge on any atom is -0.508 e. The molecule has 0 aliphatic heterocycles. The van der Waals surface area contributed by atoms with Crippen molar-refractivity contribution in [3.8, 4) is 78.3 Å². The molecule has 0 amide bonds. The van der Waals surface area contributed by atoms with Gasteiger partial charge < -0.3 is 10.2 Å². The van der Waals surface area contributed by atoms with Crippen LogP contribution in [0.3, 0.4) is 0 Å². The summed E-state index contributed by atoms with van der Waals surface area (Å²) < 4.78 is 0. The zero-order valence-corrected chi connectivity index (χ0v) is 24.1. The van der Waals surface area contributed by atoms with Gasteiger partial charge in [-0.2, -0.15) is 0 Å². The summed E-state index contributed by atoms with van der Waals surface area (Å²) in [7, 11) is 0. The first-order valence-electron chi connectivity index (χ1n) is 14.7. The molecule has 0 aromatic heterocycles. The fraction of sp³-hybridized carbons (Fsp3) is 0. The minimum atomic E-state index is 0.261. The number of benzene rings is 7. The molecule has 7 aromatic carbocycles. The predicted octanol–water partition coefficient (Wildman–Crippen LogP) is 11.1. The first-order chi connectivity index (χ1) is 21.7. The zero-order valence-electron chi connectivity index (χ0n) is 24.1. The molecule has 0 aliphatic carbocycles. The second-order valence-corrected chi connectivity index (χ2v) is 10.9. The lowest BCUT2D eigenvalue weighted by molar-refractivity contribution is 0.475. The van der Waals surface area contributed by atoms with Crippen LogP contribution in [0.15, 0.2) is 170 Å². The average molecular weight is 567 g/mol. The summed E-state index contributed by atoms with van der Waals surface area (Å²) in [6.45, 7) is 0. The van der Waals surface area contributed by atoms with Crippen LogP contribution >= 0.6 is 0 Å². The Labute approximate surface area is 257 Å². The van der Waals surface area contributed by atoms with Crippen LogP contribution in [0.5, 0.6) is 11.5 Å². The maximum atomic E-state index is 9.84. The molecule has 0 saturated carbocycles. The number of hydrogen-bond acceptors (Lipinski definition) is 2. The molecular weight excluding hydrogens is 536 g/mol. The maximum absolute atomic E-state index is 9.84. The molecule has 210 valence electrons. The molecule has 0 unspecified atom stereocenters. The van der Waals surface area contributed by atoms with Crippen molar-refractivity contribution < 1.29 is 10.2 Å². The Kier molecular flexibility index (Phi) is 7.24. The summed E-state index contributed by atoms with van der Waals surface area (Å²) in [6, 6.07) is 57.5. The Morgan fingerprint density at radius 1 is 0.205 bits per heavy atom. The second-order valence-electron chi connectivity index (χ2n) is 10.9. The largest absolute Gasteiger partial charge is 0.508 e. The van der Waals surface area contributed by atoms with Gasteiger partial charge in [0.15, 0.2) is 0 Å². The molecule has 0 radical (unpaired) electrons. The molecule has 2 nitrogen and oxygen atoms in total. The lowest BCUT2D eigenvalue weighted by Gasteiger charge is -2.16. The smallest absolute Gasteiger partial charge is 0.115 e. The molecule has 0 aliphatic rings. The van der Waals surface area contributed by atoms with E-state index >= 15 is 0 Å². The Morgan fingerprint density at radius 2 is 0.386 bits per heavy atom. The Hall–Kier alpha value is -5.86. The van der Waals surface area contributed by atoms with E-state index in [0.29, 0.717) is 0 Å². The molecule has 0 heterocycles. The van der Waals surface area contributed by atoms with Crippen LogP contribution < -0.4 is 0 Å². The normalized spacial score (nSPS) is 10.9. The van der Waals surface area contributed by atoms with Crippen LogP contribution in [-0.4, -0.2) is 10.2 Å². The van der Waals surface area contributed by atoms with E-state index in [0.717, 1.165) is 66.8 Å². The van der Waals surface area contributed by atoms with Crippen molar-refractivity contribution in [1.82, 2.24) is 0 Å². The van der Waals surface area contributed by atoms with Gasteiger partial charge in [-0.1, -0.05) is 146 Å². The monoisotopic (exact) mass is 566 g/mol. The first-order valence-corrected chi connectivity index (χ1v) is 14.7. The van der Waals surface area contributed by atoms with Crippen LogP contribution in [-0.2, 0) is 0 Å². The highest BCUT2D eigenvalue weighted by molar-refractivity contribution is 5.94. The standard InChI is InChI=1S/C42H30O2/c43-33-25-21-31(22-26-33)37-11-3-7-15-41(37)39-13-5-1-9-35(39)29-17-19-30(20-18-29)36-10-2-6-14-40(36)42-16-8-4-12-38(42)32-23-27-34(44)28-24-32/h1-28,43-44H. The number of aromatic hydroxyl groups is 2. The lowest BCUT2D eigenvalue weighted by atomic mass is 9.87. The number of hydrogen-bond donors (Lipinski definition) is 2. The SMILES string of the molecule is Oc1ccc(-c2ccccc2-c2ccccc2-c2ccc(-c3ccccc3-c3ccccc3-c3ccc(O)cc3)cc2)cc1. The van der Waals surface area contributed by atoms with E-state index in [-0.39, 0.29) is 11.5 Å². The molecule has 7 aromatic rings. The third-order valence-electron chi connectivity index (χ3n) is 8.15. The molecule has 44 heavy (non-hydrogen) atoms. The van der Waals surface area contributed by atoms with Crippen LogP contribution in [0.2, 0.25) is 0 Å². The quantitative estimate of drug-likeness (QED) is 0.210. The van der Waals surface area contributed by atoms with Crippen molar-refractivity contribution in [1.29, 1.82) is 0 Å². The Morgan fingerprint density at radius 3 is 0.614 bits per heavy atom. The third-order valence-corrected chi connectivity index (χ3v) is 8.15. The lowest BCUT2D eigenvalue weighted by Crippen LogP contribution is -1.90. The van der Waals surface area contributed by atoms with Gasteiger partial charge in [0.05, 0.1) is 0 Å². The minimum absolute atomic E-state index is 0.261. The highest BCUT2D eigenvalue weighted by Crippen LogP contribution is 2.41. The van der Waals surface area contributed by atoms with Crippen LogP contribution in [0.1, 0.15) is 0 Å². The van der Waals surface area contributed by atoms with E-state index in [4.69, 9.17) is 0 Å². The van der Waals surface area contributed by atoms with Gasteiger partial charge >= 0.3 is 0 Å². The van der Waals surface area contributed by atoms with Gasteiger partial charge in [0, 0.05) is 0 Å². The number of rotatable bonds is 6. The highest BCUT2D eigenvalue weighted by Gasteiger charge is 2.15. The Balaban J connectivity index is 1.28. The summed E-state index contributed by atoms with van der Waals surface area (Å²) in [5.41, 5.74) is 13.6. The van der Waals surface area contributed by atoms with Gasteiger partial charge in [0.25, 0.3) is 0 Å². The molecule has 0 fully saturated rings. The van der Waals surface area contributed by atoms with Gasteiger partial charge in [-0.3, -0.25) is 0 Å². The molecule has 0 spiro atoms. The average Bonchev–Trinajstić information content (AvgIpc) is 3.09. The van der Waals surface area contributed by atoms with Crippen LogP contribution in [0, 0.1) is 0 Å². The predicted molar refractivity (Wildman–Crippen MR) is 182 cm³/mol. The number of phenols is 2. The topological polar surface area (TPSA) is 40.5 Å². The summed E-state index contributed by atoms with van der Waals surface area (Å²) in [5, 5.41) is 19.7. The Bertz CT molecular complexity index is 1900.